The van der Waals surface area contributed by atoms with Crippen LogP contribution in [-0.2, 0) is 9.53 Å². The van der Waals surface area contributed by atoms with Gasteiger partial charge < -0.3 is 19.7 Å². The predicted octanol–water partition coefficient (Wildman–Crippen LogP) is 4.39. The van der Waals surface area contributed by atoms with E-state index in [4.69, 9.17) is 9.47 Å². The summed E-state index contributed by atoms with van der Waals surface area (Å²) in [6.07, 6.45) is 1.05. The number of hydrogen-bond donors (Lipinski definition) is 2. The van der Waals surface area contributed by atoms with Crippen LogP contribution in [0.4, 0.5) is 0 Å². The second kappa shape index (κ2) is 10.3. The summed E-state index contributed by atoms with van der Waals surface area (Å²) >= 11 is 0. The Morgan fingerprint density at radius 1 is 0.794 bits per heavy atom. The third-order valence-electron chi connectivity index (χ3n) is 4.76. The number of ether oxygens (including phenoxy) is 2. The average Bonchev–Trinajstić information content (AvgIpc) is 2.87. The molecule has 2 N–H and O–H groups in total. The molecule has 1 heterocycles. The van der Waals surface area contributed by atoms with E-state index in [-0.39, 0.29) is 41.9 Å². The number of nitrogens with zero attached hydrogens (tertiary/aromatic N) is 3. The summed E-state index contributed by atoms with van der Waals surface area (Å²) in [5.41, 5.74) is 1.56. The quantitative estimate of drug-likeness (QED) is 0.228. The standard InChI is InChI=1S/C26H21N3O5/c1-2-22(32)34-14-13-33-19-15-20(30)23(21(31)16-19)26-28-24(17-9-5-3-6-10-17)27-25(29-26)18-11-7-4-8-12-18/h2-12,15-16,30-31H,1,13-14H2. The van der Waals surface area contributed by atoms with Gasteiger partial charge in [-0.25, -0.2) is 19.7 Å². The number of rotatable bonds is 8. The molecule has 8 nitrogen and oxygen atoms in total. The molecule has 4 aromatic rings. The van der Waals surface area contributed by atoms with Crippen molar-refractivity contribution in [1.82, 2.24) is 15.0 Å². The Balaban J connectivity index is 1.70. The van der Waals surface area contributed by atoms with Crippen LogP contribution in [0.5, 0.6) is 17.2 Å². The first-order valence-corrected chi connectivity index (χ1v) is 10.4. The molecule has 0 aliphatic carbocycles. The van der Waals surface area contributed by atoms with Gasteiger partial charge in [0, 0.05) is 29.3 Å². The number of benzene rings is 3. The third-order valence-corrected chi connectivity index (χ3v) is 4.76. The maximum Gasteiger partial charge on any atom is 0.330 e. The van der Waals surface area contributed by atoms with Crippen molar-refractivity contribution in [2.24, 2.45) is 0 Å². The van der Waals surface area contributed by atoms with E-state index >= 15 is 0 Å². The average molecular weight is 455 g/mol. The highest BCUT2D eigenvalue weighted by molar-refractivity contribution is 5.81. The van der Waals surface area contributed by atoms with Crippen LogP contribution in [0.2, 0.25) is 0 Å². The molecular weight excluding hydrogens is 434 g/mol. The van der Waals surface area contributed by atoms with Crippen LogP contribution in [-0.4, -0.2) is 44.3 Å². The first-order valence-electron chi connectivity index (χ1n) is 10.4. The lowest BCUT2D eigenvalue weighted by Crippen LogP contribution is -2.10. The molecule has 0 saturated carbocycles. The molecule has 0 atom stereocenters. The Labute approximate surface area is 195 Å². The van der Waals surface area contributed by atoms with Crippen molar-refractivity contribution in [3.63, 3.8) is 0 Å². The highest BCUT2D eigenvalue weighted by Crippen LogP contribution is 2.40. The second-order valence-corrected chi connectivity index (χ2v) is 7.09. The van der Waals surface area contributed by atoms with Crippen LogP contribution < -0.4 is 4.74 Å². The molecule has 170 valence electrons. The Bertz CT molecular complexity index is 1230. The first kappa shape index (κ1) is 22.5. The van der Waals surface area contributed by atoms with Crippen LogP contribution in [0, 0.1) is 0 Å². The number of esters is 1. The molecule has 0 spiro atoms. The first-order chi connectivity index (χ1) is 16.5. The number of aromatic nitrogens is 3. The molecule has 0 radical (unpaired) electrons. The normalized spacial score (nSPS) is 10.5. The number of aromatic hydroxyl groups is 2. The maximum absolute atomic E-state index is 11.1. The van der Waals surface area contributed by atoms with Crippen molar-refractivity contribution in [2.45, 2.75) is 0 Å². The second-order valence-electron chi connectivity index (χ2n) is 7.09. The maximum atomic E-state index is 11.1. The molecule has 1 aromatic heterocycles. The lowest BCUT2D eigenvalue weighted by Gasteiger charge is -2.12. The van der Waals surface area contributed by atoms with E-state index < -0.39 is 5.97 Å². The molecule has 8 heteroatoms. The fourth-order valence-corrected chi connectivity index (χ4v) is 3.18. The van der Waals surface area contributed by atoms with Gasteiger partial charge in [0.05, 0.1) is 0 Å². The van der Waals surface area contributed by atoms with Gasteiger partial charge >= 0.3 is 5.97 Å². The zero-order valence-electron chi connectivity index (χ0n) is 18.1. The Hall–Kier alpha value is -4.72. The summed E-state index contributed by atoms with van der Waals surface area (Å²) in [7, 11) is 0. The molecular formula is C26H21N3O5. The van der Waals surface area contributed by atoms with Crippen molar-refractivity contribution in [2.75, 3.05) is 13.2 Å². The fourth-order valence-electron chi connectivity index (χ4n) is 3.18. The van der Waals surface area contributed by atoms with Gasteiger partial charge in [0.25, 0.3) is 0 Å². The van der Waals surface area contributed by atoms with Gasteiger partial charge in [-0.15, -0.1) is 0 Å². The summed E-state index contributed by atoms with van der Waals surface area (Å²) in [6.45, 7) is 3.33. The van der Waals surface area contributed by atoms with Gasteiger partial charge in [0.15, 0.2) is 17.5 Å². The minimum absolute atomic E-state index is 0.0114. The molecule has 0 aliphatic rings. The summed E-state index contributed by atoms with van der Waals surface area (Å²) in [4.78, 5) is 24.7. The largest absolute Gasteiger partial charge is 0.507 e. The van der Waals surface area contributed by atoms with Crippen LogP contribution in [0.25, 0.3) is 34.2 Å². The smallest absolute Gasteiger partial charge is 0.330 e. The van der Waals surface area contributed by atoms with Gasteiger partial charge in [-0.05, 0) is 0 Å². The van der Waals surface area contributed by atoms with Crippen LogP contribution in [0.3, 0.4) is 0 Å². The number of phenols is 2. The van der Waals surface area contributed by atoms with Crippen molar-refractivity contribution in [1.29, 1.82) is 0 Å². The highest BCUT2D eigenvalue weighted by atomic mass is 16.6. The van der Waals surface area contributed by atoms with Gasteiger partial charge in [0.1, 0.15) is 36.0 Å². The molecule has 0 unspecified atom stereocenters. The van der Waals surface area contributed by atoms with E-state index in [1.54, 1.807) is 0 Å². The molecule has 4 rings (SSSR count). The van der Waals surface area contributed by atoms with Gasteiger partial charge in [-0.2, -0.15) is 0 Å². The lowest BCUT2D eigenvalue weighted by atomic mass is 10.1. The topological polar surface area (TPSA) is 115 Å². The number of carbonyl (C=O) groups excluding carboxylic acids is 1. The monoisotopic (exact) mass is 455 g/mol. The fraction of sp³-hybridized carbons (Fsp3) is 0.0769. The third kappa shape index (κ3) is 5.18. The lowest BCUT2D eigenvalue weighted by molar-refractivity contribution is -0.138. The minimum atomic E-state index is -0.567. The number of phenolic OH excluding ortho intramolecular Hbond substituents is 2. The summed E-state index contributed by atoms with van der Waals surface area (Å²) in [5, 5.41) is 21.4. The molecule has 0 saturated heterocycles. The van der Waals surface area contributed by atoms with Crippen LogP contribution >= 0.6 is 0 Å². The van der Waals surface area contributed by atoms with Crippen molar-refractivity contribution in [3.8, 4) is 51.4 Å². The Kier molecular flexibility index (Phi) is 6.78. The number of hydrogen-bond acceptors (Lipinski definition) is 8. The zero-order chi connectivity index (χ0) is 23.9. The van der Waals surface area contributed by atoms with Gasteiger partial charge in [-0.1, -0.05) is 67.2 Å². The molecule has 3 aromatic carbocycles. The summed E-state index contributed by atoms with van der Waals surface area (Å²) in [6, 6.07) is 21.4. The zero-order valence-corrected chi connectivity index (χ0v) is 18.1. The van der Waals surface area contributed by atoms with Gasteiger partial charge in [-0.3, -0.25) is 0 Å². The van der Waals surface area contributed by atoms with Crippen LogP contribution in [0.1, 0.15) is 0 Å². The van der Waals surface area contributed by atoms with E-state index in [0.29, 0.717) is 11.6 Å². The molecule has 0 bridgehead atoms. The minimum Gasteiger partial charge on any atom is -0.507 e. The van der Waals surface area contributed by atoms with Crippen LogP contribution in [0.15, 0.2) is 85.5 Å². The molecule has 0 fully saturated rings. The SMILES string of the molecule is C=CC(=O)OCCOc1cc(O)c(-c2nc(-c3ccccc3)nc(-c3ccccc3)n2)c(O)c1. The Morgan fingerprint density at radius 3 is 1.79 bits per heavy atom. The summed E-state index contributed by atoms with van der Waals surface area (Å²) in [5.74, 6) is -0.0315. The van der Waals surface area contributed by atoms with E-state index in [2.05, 4.69) is 21.5 Å². The predicted molar refractivity (Wildman–Crippen MR) is 126 cm³/mol. The Morgan fingerprint density at radius 2 is 1.29 bits per heavy atom. The van der Waals surface area contributed by atoms with Crippen molar-refractivity contribution < 1.29 is 24.5 Å². The highest BCUT2D eigenvalue weighted by Gasteiger charge is 2.19. The van der Waals surface area contributed by atoms with E-state index in [1.807, 2.05) is 60.7 Å². The summed E-state index contributed by atoms with van der Waals surface area (Å²) < 4.78 is 10.3. The van der Waals surface area contributed by atoms with E-state index in [9.17, 15) is 15.0 Å². The van der Waals surface area contributed by atoms with E-state index in [0.717, 1.165) is 17.2 Å². The molecule has 0 aliphatic heterocycles. The van der Waals surface area contributed by atoms with E-state index in [1.165, 1.54) is 12.1 Å². The molecule has 34 heavy (non-hydrogen) atoms. The van der Waals surface area contributed by atoms with Gasteiger partial charge in [0.2, 0.25) is 0 Å². The van der Waals surface area contributed by atoms with Crippen molar-refractivity contribution in [3.05, 3.63) is 85.5 Å². The molecule has 0 amide bonds. The number of carbonyl (C=O) groups is 1. The van der Waals surface area contributed by atoms with Crippen molar-refractivity contribution >= 4 is 5.97 Å².